The van der Waals surface area contributed by atoms with Crippen LogP contribution in [0.5, 0.6) is 0 Å². The predicted octanol–water partition coefficient (Wildman–Crippen LogP) is 4.63. The van der Waals surface area contributed by atoms with Crippen molar-refractivity contribution in [1.29, 1.82) is 5.41 Å². The Bertz CT molecular complexity index is 809. The van der Waals surface area contributed by atoms with Crippen LogP contribution in [0.15, 0.2) is 58.9 Å². The number of carbonyl (C=O) groups is 1. The average Bonchev–Trinajstić information content (AvgIpc) is 2.64. The van der Waals surface area contributed by atoms with Crippen molar-refractivity contribution < 1.29 is 9.90 Å². The summed E-state index contributed by atoms with van der Waals surface area (Å²) < 4.78 is 0. The van der Waals surface area contributed by atoms with E-state index in [1.54, 1.807) is 12.1 Å². The summed E-state index contributed by atoms with van der Waals surface area (Å²) in [6.45, 7) is 6.01. The first-order chi connectivity index (χ1) is 12.4. The molecule has 0 aliphatic rings. The number of aryl methyl sites for hydroxylation is 2. The molecule has 26 heavy (non-hydrogen) atoms. The number of hydrogen-bond acceptors (Lipinski definition) is 3. The van der Waals surface area contributed by atoms with E-state index in [2.05, 4.69) is 10.3 Å². The molecule has 0 heterocycles. The quantitative estimate of drug-likeness (QED) is 0.245. The fraction of sp³-hybridized carbons (Fsp3) is 0.200. The molecule has 2 aromatic rings. The maximum Gasteiger partial charge on any atom is 0.335 e. The van der Waals surface area contributed by atoms with Crippen molar-refractivity contribution in [3.8, 4) is 0 Å². The number of amidine groups is 1. The second kappa shape index (κ2) is 10.6. The van der Waals surface area contributed by atoms with Crippen molar-refractivity contribution >= 4 is 17.9 Å². The minimum absolute atomic E-state index is 0.0725. The molecule has 6 nitrogen and oxygen atoms in total. The Morgan fingerprint density at radius 3 is 2.31 bits per heavy atom. The Hall–Kier alpha value is -3.28. The first-order valence-corrected chi connectivity index (χ1v) is 8.18. The van der Waals surface area contributed by atoms with E-state index < -0.39 is 5.97 Å². The number of nitrogens with one attached hydrogen (secondary N) is 1. The molecule has 136 valence electrons. The van der Waals surface area contributed by atoms with Crippen LogP contribution in [0.2, 0.25) is 0 Å². The smallest absolute Gasteiger partial charge is 0.335 e. The van der Waals surface area contributed by atoms with E-state index in [1.165, 1.54) is 0 Å². The summed E-state index contributed by atoms with van der Waals surface area (Å²) in [5, 5.41) is 22.7. The van der Waals surface area contributed by atoms with E-state index in [-0.39, 0.29) is 5.84 Å². The Morgan fingerprint density at radius 2 is 1.81 bits per heavy atom. The van der Waals surface area contributed by atoms with Crippen LogP contribution < -0.4 is 5.84 Å². The maximum absolute atomic E-state index is 10.4. The fourth-order valence-electron chi connectivity index (χ4n) is 2.15. The number of aromatic carboxylic acids is 1. The first-order valence-electron chi connectivity index (χ1n) is 8.18. The van der Waals surface area contributed by atoms with Gasteiger partial charge in [-0.15, -0.1) is 5.11 Å². The molecule has 0 fully saturated rings. The van der Waals surface area contributed by atoms with Gasteiger partial charge in [-0.2, -0.15) is 0 Å². The molecule has 0 spiro atoms. The summed E-state index contributed by atoms with van der Waals surface area (Å²) in [7, 11) is 0. The second-order valence-electron chi connectivity index (χ2n) is 5.49. The molecule has 0 bridgehead atoms. The third kappa shape index (κ3) is 6.32. The van der Waals surface area contributed by atoms with Gasteiger partial charge in [0, 0.05) is 5.56 Å². The van der Waals surface area contributed by atoms with Crippen molar-refractivity contribution in [2.24, 2.45) is 16.2 Å². The largest absolute Gasteiger partial charge is 0.478 e. The van der Waals surface area contributed by atoms with E-state index in [0.717, 1.165) is 23.1 Å². The normalized spacial score (nSPS) is 10.6. The summed E-state index contributed by atoms with van der Waals surface area (Å²) in [6, 6.07) is 12.6. The summed E-state index contributed by atoms with van der Waals surface area (Å²) in [5.74, 6) is 4.10. The fourth-order valence-corrected chi connectivity index (χ4v) is 2.15. The number of nitrogens with two attached hydrogens (primary N) is 1. The number of hydrogen-bond donors (Lipinski definition) is 3. The van der Waals surface area contributed by atoms with Gasteiger partial charge in [-0.05, 0) is 55.2 Å². The number of benzene rings is 2. The van der Waals surface area contributed by atoms with Crippen LogP contribution >= 0.6 is 0 Å². The predicted molar refractivity (Wildman–Crippen MR) is 105 cm³/mol. The molecule has 0 aliphatic heterocycles. The molecule has 0 radical (unpaired) electrons. The lowest BCUT2D eigenvalue weighted by Gasteiger charge is -2.03. The number of allylic oxidation sites excluding steroid dienone is 1. The molecule has 6 heteroatoms. The van der Waals surface area contributed by atoms with E-state index in [4.69, 9.17) is 16.4 Å². The minimum atomic E-state index is -0.868. The van der Waals surface area contributed by atoms with Crippen molar-refractivity contribution in [1.82, 2.24) is 0 Å². The zero-order chi connectivity index (χ0) is 19.5. The van der Waals surface area contributed by atoms with Crippen molar-refractivity contribution in [2.45, 2.75) is 27.2 Å². The van der Waals surface area contributed by atoms with Gasteiger partial charge in [0.1, 0.15) is 0 Å². The molecule has 0 unspecified atom stereocenters. The van der Waals surface area contributed by atoms with Gasteiger partial charge >= 0.3 is 5.97 Å². The average molecular weight is 352 g/mol. The topological polar surface area (TPSA) is 112 Å². The van der Waals surface area contributed by atoms with Gasteiger partial charge in [0.25, 0.3) is 0 Å². The number of rotatable bonds is 4. The lowest BCUT2D eigenvalue weighted by Crippen LogP contribution is -1.96. The van der Waals surface area contributed by atoms with Gasteiger partial charge in [0.15, 0.2) is 5.84 Å². The van der Waals surface area contributed by atoms with Gasteiger partial charge in [0.05, 0.1) is 5.56 Å². The van der Waals surface area contributed by atoms with Crippen LogP contribution in [-0.4, -0.2) is 16.9 Å². The molecule has 0 aliphatic carbocycles. The van der Waals surface area contributed by atoms with E-state index >= 15 is 0 Å². The van der Waals surface area contributed by atoms with Crippen molar-refractivity contribution in [3.05, 3.63) is 76.4 Å². The standard InChI is InChI=1S/C11H14N4.C9H10O2/c1-3-4-9-7-10(6-5-8(9)2)11(12)14-15-13;1-2-7-3-5-8(6-4-7)9(10)11/h3-7H,1-2H3,(H3,12,13,14);3-6H,2H2,1H3,(H,10,11)/b4-3-;. The first kappa shape index (κ1) is 20.8. The zero-order valence-corrected chi connectivity index (χ0v) is 15.2. The lowest BCUT2D eigenvalue weighted by atomic mass is 10.0. The van der Waals surface area contributed by atoms with E-state index in [9.17, 15) is 4.79 Å². The number of carboxylic acids is 1. The van der Waals surface area contributed by atoms with Crippen LogP contribution in [-0.2, 0) is 6.42 Å². The number of carboxylic acid groups (broad SMARTS) is 1. The van der Waals surface area contributed by atoms with Gasteiger partial charge < -0.3 is 10.9 Å². The Labute approximate surface area is 153 Å². The SMILES string of the molecule is C/C=C\c1cc(C(=N)N=NN)ccc1C.CCc1ccc(C(=O)O)cc1. The summed E-state index contributed by atoms with van der Waals surface area (Å²) in [5.41, 5.74) is 4.46. The molecule has 0 saturated heterocycles. The number of nitrogens with zero attached hydrogens (tertiary/aromatic N) is 2. The van der Waals surface area contributed by atoms with Crippen LogP contribution in [0.4, 0.5) is 0 Å². The molecule has 2 aromatic carbocycles. The molecule has 0 aromatic heterocycles. The highest BCUT2D eigenvalue weighted by Gasteiger charge is 2.02. The van der Waals surface area contributed by atoms with Crippen molar-refractivity contribution in [2.75, 3.05) is 0 Å². The van der Waals surface area contributed by atoms with Gasteiger partial charge in [0.2, 0.25) is 0 Å². The Morgan fingerprint density at radius 1 is 1.19 bits per heavy atom. The minimum Gasteiger partial charge on any atom is -0.478 e. The Balaban J connectivity index is 0.000000273. The molecule has 4 N–H and O–H groups in total. The highest BCUT2D eigenvalue weighted by atomic mass is 16.4. The third-order valence-corrected chi connectivity index (χ3v) is 3.67. The molecular formula is C20H24N4O2. The van der Waals surface area contributed by atoms with Crippen LogP contribution in [0.1, 0.15) is 46.5 Å². The lowest BCUT2D eigenvalue weighted by molar-refractivity contribution is 0.0697. The van der Waals surface area contributed by atoms with Crippen LogP contribution in [0.25, 0.3) is 6.08 Å². The molecule has 0 amide bonds. The molecule has 0 saturated carbocycles. The van der Waals surface area contributed by atoms with Crippen molar-refractivity contribution in [3.63, 3.8) is 0 Å². The summed E-state index contributed by atoms with van der Waals surface area (Å²) >= 11 is 0. The summed E-state index contributed by atoms with van der Waals surface area (Å²) in [4.78, 5) is 10.4. The zero-order valence-electron chi connectivity index (χ0n) is 15.2. The Kier molecular flexibility index (Phi) is 8.43. The van der Waals surface area contributed by atoms with Gasteiger partial charge in [-0.25, -0.2) is 4.79 Å². The van der Waals surface area contributed by atoms with Gasteiger partial charge in [-0.1, -0.05) is 48.6 Å². The monoisotopic (exact) mass is 352 g/mol. The maximum atomic E-state index is 10.4. The highest BCUT2D eigenvalue weighted by Crippen LogP contribution is 2.13. The summed E-state index contributed by atoms with van der Waals surface area (Å²) in [6.07, 6.45) is 4.89. The van der Waals surface area contributed by atoms with Crippen LogP contribution in [0.3, 0.4) is 0 Å². The van der Waals surface area contributed by atoms with E-state index in [1.807, 2.05) is 63.3 Å². The van der Waals surface area contributed by atoms with E-state index in [0.29, 0.717) is 11.1 Å². The molecule has 0 atom stereocenters. The second-order valence-corrected chi connectivity index (χ2v) is 5.49. The molecule has 2 rings (SSSR count). The van der Waals surface area contributed by atoms with Crippen LogP contribution in [0, 0.1) is 12.3 Å². The van der Waals surface area contributed by atoms with Gasteiger partial charge in [-0.3, -0.25) is 5.41 Å². The molecular weight excluding hydrogens is 328 g/mol. The third-order valence-electron chi connectivity index (χ3n) is 3.67. The highest BCUT2D eigenvalue weighted by molar-refractivity contribution is 5.97.